The predicted molar refractivity (Wildman–Crippen MR) is 92.9 cm³/mol. The Morgan fingerprint density at radius 1 is 1.12 bits per heavy atom. The van der Waals surface area contributed by atoms with Crippen molar-refractivity contribution in [2.75, 3.05) is 4.90 Å². The normalized spacial score (nSPS) is 10.7. The minimum Gasteiger partial charge on any atom is -0.499 e. The number of nitrogens with zero attached hydrogens (tertiary/aromatic N) is 1. The zero-order valence-corrected chi connectivity index (χ0v) is 13.7. The minimum absolute atomic E-state index is 0.0763. The molecule has 6 heteroatoms. The van der Waals surface area contributed by atoms with Crippen LogP contribution >= 0.6 is 11.3 Å². The molecule has 1 aliphatic carbocycles. The smallest absolute Gasteiger partial charge is 0.338 e. The van der Waals surface area contributed by atoms with Crippen LogP contribution in [-0.2, 0) is 11.3 Å². The molecule has 1 aliphatic heterocycles. The summed E-state index contributed by atoms with van der Waals surface area (Å²) in [7, 11) is 0. The fraction of sp³-hybridized carbons (Fsp3) is 0.111. The maximum Gasteiger partial charge on any atom is 0.338 e. The van der Waals surface area contributed by atoms with Crippen molar-refractivity contribution in [1.82, 2.24) is 0 Å². The lowest BCUT2D eigenvalue weighted by atomic mass is 10.1. The van der Waals surface area contributed by atoms with Crippen LogP contribution in [0.5, 0.6) is 5.06 Å². The molecule has 0 bridgehead atoms. The summed E-state index contributed by atoms with van der Waals surface area (Å²) in [5, 5.41) is 19.4. The maximum atomic E-state index is 12.2. The van der Waals surface area contributed by atoms with Gasteiger partial charge in [-0.2, -0.15) is 0 Å². The van der Waals surface area contributed by atoms with E-state index in [4.69, 9.17) is 0 Å². The third-order valence-corrected chi connectivity index (χ3v) is 4.64. The summed E-state index contributed by atoms with van der Waals surface area (Å²) in [6.45, 7) is 1.69. The standard InChI is InChI=1S/C18H15NO4S/c1-11(20)19(10-12-5-3-2-4-6-12)14-9-15-13(17(14)18(22)23)7-8-16(21)24-15/h2-9,21H,10H2,1H3,(H,22,23). The highest BCUT2D eigenvalue weighted by atomic mass is 32.1. The van der Waals surface area contributed by atoms with Crippen molar-refractivity contribution >= 4 is 28.9 Å². The predicted octanol–water partition coefficient (Wildman–Crippen LogP) is 3.81. The van der Waals surface area contributed by atoms with Gasteiger partial charge in [0.15, 0.2) is 5.06 Å². The first-order valence-corrected chi connectivity index (χ1v) is 8.10. The Bertz CT molecular complexity index is 872. The van der Waals surface area contributed by atoms with Gasteiger partial charge >= 0.3 is 5.97 Å². The third-order valence-electron chi connectivity index (χ3n) is 3.73. The van der Waals surface area contributed by atoms with Crippen molar-refractivity contribution < 1.29 is 19.8 Å². The number of fused-ring (bicyclic) bond motifs is 1. The second-order valence-electron chi connectivity index (χ2n) is 5.35. The van der Waals surface area contributed by atoms with Gasteiger partial charge in [0, 0.05) is 17.4 Å². The lowest BCUT2D eigenvalue weighted by Gasteiger charge is -2.21. The second-order valence-corrected chi connectivity index (χ2v) is 6.41. The Morgan fingerprint density at radius 3 is 2.46 bits per heavy atom. The molecule has 122 valence electrons. The highest BCUT2D eigenvalue weighted by molar-refractivity contribution is 7.17. The SMILES string of the molecule is CC(=O)N(Cc1ccccc1)c1cc2sc(O)ccc-2c1C(=O)O. The number of carbonyl (C=O) groups is 2. The second kappa shape index (κ2) is 6.33. The summed E-state index contributed by atoms with van der Waals surface area (Å²) in [4.78, 5) is 26.0. The quantitative estimate of drug-likeness (QED) is 0.756. The van der Waals surface area contributed by atoms with Crippen LogP contribution in [0.1, 0.15) is 22.8 Å². The number of carbonyl (C=O) groups excluding carboxylic acids is 1. The van der Waals surface area contributed by atoms with Crippen molar-refractivity contribution in [1.29, 1.82) is 0 Å². The van der Waals surface area contributed by atoms with Crippen LogP contribution in [0.25, 0.3) is 10.4 Å². The van der Waals surface area contributed by atoms with E-state index in [1.165, 1.54) is 17.9 Å². The van der Waals surface area contributed by atoms with Crippen LogP contribution in [0, 0.1) is 0 Å². The number of rotatable bonds is 4. The molecule has 0 unspecified atom stereocenters. The molecule has 0 aromatic heterocycles. The first-order chi connectivity index (χ1) is 11.5. The number of carboxylic acids is 1. The summed E-state index contributed by atoms with van der Waals surface area (Å²) >= 11 is 1.08. The molecule has 1 amide bonds. The van der Waals surface area contributed by atoms with E-state index in [-0.39, 0.29) is 23.1 Å². The number of anilines is 1. The molecule has 5 nitrogen and oxygen atoms in total. The lowest BCUT2D eigenvalue weighted by Crippen LogP contribution is -2.28. The highest BCUT2D eigenvalue weighted by Crippen LogP contribution is 2.43. The number of hydrogen-bond donors (Lipinski definition) is 2. The van der Waals surface area contributed by atoms with Gasteiger partial charge < -0.3 is 15.1 Å². The van der Waals surface area contributed by atoms with Crippen molar-refractivity contribution in [3.05, 3.63) is 59.7 Å². The van der Waals surface area contributed by atoms with Gasteiger partial charge in [0.1, 0.15) is 0 Å². The zero-order valence-electron chi connectivity index (χ0n) is 12.9. The lowest BCUT2D eigenvalue weighted by molar-refractivity contribution is -0.116. The fourth-order valence-electron chi connectivity index (χ4n) is 2.66. The van der Waals surface area contributed by atoms with Crippen LogP contribution < -0.4 is 4.90 Å². The average molecular weight is 341 g/mol. The van der Waals surface area contributed by atoms with E-state index in [1.807, 2.05) is 30.3 Å². The number of aromatic carboxylic acids is 1. The van der Waals surface area contributed by atoms with Gasteiger partial charge in [0.25, 0.3) is 0 Å². The molecule has 0 fully saturated rings. The number of aromatic hydroxyl groups is 1. The number of hydrogen-bond acceptors (Lipinski definition) is 4. The topological polar surface area (TPSA) is 77.8 Å². The molecule has 3 rings (SSSR count). The molecule has 0 spiro atoms. The molecule has 0 atom stereocenters. The van der Waals surface area contributed by atoms with Crippen molar-refractivity contribution in [3.8, 4) is 15.5 Å². The van der Waals surface area contributed by atoms with E-state index < -0.39 is 5.97 Å². The van der Waals surface area contributed by atoms with Gasteiger partial charge in [-0.1, -0.05) is 41.7 Å². The summed E-state index contributed by atoms with van der Waals surface area (Å²) < 4.78 is 0. The first kappa shape index (κ1) is 16.0. The number of benzene rings is 1. The summed E-state index contributed by atoms with van der Waals surface area (Å²) in [5.74, 6) is -1.34. The number of carboxylic acid groups (broad SMARTS) is 1. The summed E-state index contributed by atoms with van der Waals surface area (Å²) in [6, 6.07) is 14.0. The van der Waals surface area contributed by atoms with Gasteiger partial charge in [-0.05, 0) is 23.8 Å². The van der Waals surface area contributed by atoms with E-state index in [0.717, 1.165) is 16.9 Å². The molecule has 2 aliphatic rings. The summed E-state index contributed by atoms with van der Waals surface area (Å²) in [6.07, 6.45) is 0. The molecule has 1 aromatic carbocycles. The van der Waals surface area contributed by atoms with Crippen LogP contribution in [-0.4, -0.2) is 22.1 Å². The van der Waals surface area contributed by atoms with Gasteiger partial charge in [0.05, 0.1) is 17.8 Å². The maximum absolute atomic E-state index is 12.2. The largest absolute Gasteiger partial charge is 0.499 e. The highest BCUT2D eigenvalue weighted by Gasteiger charge is 2.27. The van der Waals surface area contributed by atoms with Gasteiger partial charge in [-0.15, -0.1) is 0 Å². The van der Waals surface area contributed by atoms with Crippen LogP contribution in [0.15, 0.2) is 48.5 Å². The van der Waals surface area contributed by atoms with E-state index >= 15 is 0 Å². The summed E-state index contributed by atoms with van der Waals surface area (Å²) in [5.41, 5.74) is 1.84. The minimum atomic E-state index is -1.10. The Kier molecular flexibility index (Phi) is 4.22. The van der Waals surface area contributed by atoms with E-state index in [0.29, 0.717) is 16.1 Å². The van der Waals surface area contributed by atoms with Gasteiger partial charge in [-0.25, -0.2) is 4.79 Å². The molecule has 24 heavy (non-hydrogen) atoms. The zero-order chi connectivity index (χ0) is 17.3. The van der Waals surface area contributed by atoms with Crippen LogP contribution in [0.2, 0.25) is 0 Å². The Labute approximate surface area is 142 Å². The molecule has 2 N–H and O–H groups in total. The fourth-order valence-corrected chi connectivity index (χ4v) is 3.47. The molecular formula is C18H15NO4S. The Morgan fingerprint density at radius 2 is 1.83 bits per heavy atom. The van der Waals surface area contributed by atoms with Crippen LogP contribution in [0.4, 0.5) is 5.69 Å². The van der Waals surface area contributed by atoms with Gasteiger partial charge in [0.2, 0.25) is 5.91 Å². The molecule has 0 radical (unpaired) electrons. The van der Waals surface area contributed by atoms with Crippen LogP contribution in [0.3, 0.4) is 0 Å². The average Bonchev–Trinajstić information content (AvgIpc) is 2.91. The Balaban J connectivity index is 2.14. The van der Waals surface area contributed by atoms with E-state index in [1.54, 1.807) is 12.1 Å². The van der Waals surface area contributed by atoms with Gasteiger partial charge in [-0.3, -0.25) is 4.79 Å². The first-order valence-electron chi connectivity index (χ1n) is 7.28. The van der Waals surface area contributed by atoms with Crippen molar-refractivity contribution in [2.45, 2.75) is 13.5 Å². The molecule has 0 saturated carbocycles. The molecule has 1 aromatic rings. The van der Waals surface area contributed by atoms with Crippen molar-refractivity contribution in [3.63, 3.8) is 0 Å². The Hall–Kier alpha value is -2.86. The molecule has 1 heterocycles. The monoisotopic (exact) mass is 341 g/mol. The van der Waals surface area contributed by atoms with E-state index in [2.05, 4.69) is 0 Å². The molecule has 0 saturated heterocycles. The van der Waals surface area contributed by atoms with E-state index in [9.17, 15) is 19.8 Å². The number of amides is 1. The molecular weight excluding hydrogens is 326 g/mol. The van der Waals surface area contributed by atoms with Crippen molar-refractivity contribution in [2.24, 2.45) is 0 Å². The third kappa shape index (κ3) is 2.96.